The van der Waals surface area contributed by atoms with Crippen molar-refractivity contribution in [2.45, 2.75) is 44.7 Å². The molecule has 27 heavy (non-hydrogen) atoms. The van der Waals surface area contributed by atoms with Gasteiger partial charge in [0.2, 0.25) is 6.79 Å². The molecule has 1 fully saturated rings. The molecule has 2 N–H and O–H groups in total. The molecule has 8 heteroatoms. The van der Waals surface area contributed by atoms with Gasteiger partial charge in [0.25, 0.3) is 11.5 Å². The topological polar surface area (TPSA) is 102 Å². The molecule has 0 unspecified atom stereocenters. The fourth-order valence-corrected chi connectivity index (χ4v) is 3.55. The highest BCUT2D eigenvalue weighted by Crippen LogP contribution is 2.32. The molecule has 0 bridgehead atoms. The van der Waals surface area contributed by atoms with Crippen molar-refractivity contribution < 1.29 is 14.3 Å². The van der Waals surface area contributed by atoms with Crippen molar-refractivity contribution in [2.75, 3.05) is 6.79 Å². The second kappa shape index (κ2) is 7.30. The van der Waals surface area contributed by atoms with Gasteiger partial charge in [-0.2, -0.15) is 0 Å². The molecule has 1 saturated carbocycles. The van der Waals surface area contributed by atoms with Crippen LogP contribution >= 0.6 is 0 Å². The lowest BCUT2D eigenvalue weighted by Crippen LogP contribution is -2.43. The Bertz CT molecular complexity index is 972. The van der Waals surface area contributed by atoms with E-state index < -0.39 is 17.2 Å². The molecule has 1 aliphatic heterocycles. The van der Waals surface area contributed by atoms with E-state index in [2.05, 4.69) is 10.3 Å². The van der Waals surface area contributed by atoms with Crippen molar-refractivity contribution in [1.82, 2.24) is 14.9 Å². The van der Waals surface area contributed by atoms with Gasteiger partial charge in [-0.05, 0) is 30.5 Å². The molecule has 2 aliphatic rings. The number of aromatic nitrogens is 2. The monoisotopic (exact) mass is 371 g/mol. The lowest BCUT2D eigenvalue weighted by molar-refractivity contribution is 0.0925. The van der Waals surface area contributed by atoms with Gasteiger partial charge in [-0.25, -0.2) is 4.79 Å². The van der Waals surface area contributed by atoms with Crippen LogP contribution in [0.15, 0.2) is 34.0 Å². The van der Waals surface area contributed by atoms with Gasteiger partial charge in [0.15, 0.2) is 11.5 Å². The lowest BCUT2D eigenvalue weighted by atomic mass is 9.95. The van der Waals surface area contributed by atoms with Gasteiger partial charge in [-0.1, -0.05) is 25.3 Å². The highest BCUT2D eigenvalue weighted by atomic mass is 16.7. The average molecular weight is 371 g/mol. The van der Waals surface area contributed by atoms with Crippen LogP contribution in [0.2, 0.25) is 0 Å². The van der Waals surface area contributed by atoms with Gasteiger partial charge >= 0.3 is 5.69 Å². The number of H-pyrrole nitrogens is 1. The standard InChI is InChI=1S/C19H21N3O5/c23-17(21-13-4-2-1-3-5-13)14-9-20-19(25)22(18(14)24)10-12-6-7-15-16(8-12)27-11-26-15/h6-9,13H,1-5,10-11H2,(H,20,25)(H,21,23). The molecular weight excluding hydrogens is 350 g/mol. The van der Waals surface area contributed by atoms with Gasteiger partial charge in [0, 0.05) is 12.2 Å². The van der Waals surface area contributed by atoms with Crippen LogP contribution in [0.25, 0.3) is 0 Å². The maximum atomic E-state index is 12.7. The first kappa shape index (κ1) is 17.4. The number of hydrogen-bond donors (Lipinski definition) is 2. The number of fused-ring (bicyclic) bond motifs is 1. The Morgan fingerprint density at radius 1 is 1.15 bits per heavy atom. The summed E-state index contributed by atoms with van der Waals surface area (Å²) in [5.41, 5.74) is -0.519. The molecule has 8 nitrogen and oxygen atoms in total. The maximum Gasteiger partial charge on any atom is 0.328 e. The van der Waals surface area contributed by atoms with E-state index in [0.717, 1.165) is 30.3 Å². The average Bonchev–Trinajstić information content (AvgIpc) is 3.13. The van der Waals surface area contributed by atoms with Crippen molar-refractivity contribution in [3.63, 3.8) is 0 Å². The maximum absolute atomic E-state index is 12.7. The lowest BCUT2D eigenvalue weighted by Gasteiger charge is -2.22. The van der Waals surface area contributed by atoms with Crippen molar-refractivity contribution >= 4 is 5.91 Å². The van der Waals surface area contributed by atoms with Crippen LogP contribution in [0, 0.1) is 0 Å². The van der Waals surface area contributed by atoms with Crippen molar-refractivity contribution in [2.24, 2.45) is 0 Å². The summed E-state index contributed by atoms with van der Waals surface area (Å²) in [4.78, 5) is 39.9. The Kier molecular flexibility index (Phi) is 4.70. The van der Waals surface area contributed by atoms with E-state index in [-0.39, 0.29) is 24.9 Å². The van der Waals surface area contributed by atoms with E-state index in [1.54, 1.807) is 18.2 Å². The molecule has 1 aliphatic carbocycles. The quantitative estimate of drug-likeness (QED) is 0.845. The summed E-state index contributed by atoms with van der Waals surface area (Å²) >= 11 is 0. The predicted molar refractivity (Wildman–Crippen MR) is 97.3 cm³/mol. The number of carbonyl (C=O) groups is 1. The summed E-state index contributed by atoms with van der Waals surface area (Å²) in [5, 5.41) is 2.91. The van der Waals surface area contributed by atoms with Gasteiger partial charge in [0.1, 0.15) is 5.56 Å². The van der Waals surface area contributed by atoms with Crippen LogP contribution in [0.1, 0.15) is 48.0 Å². The van der Waals surface area contributed by atoms with E-state index >= 15 is 0 Å². The molecule has 2 heterocycles. The minimum Gasteiger partial charge on any atom is -0.454 e. The summed E-state index contributed by atoms with van der Waals surface area (Å²) in [6.45, 7) is 0.186. The first-order chi connectivity index (χ1) is 13.1. The molecule has 1 aromatic heterocycles. The van der Waals surface area contributed by atoms with E-state index in [9.17, 15) is 14.4 Å². The molecule has 1 amide bonds. The number of nitrogens with zero attached hydrogens (tertiary/aromatic N) is 1. The second-order valence-electron chi connectivity index (χ2n) is 6.89. The number of rotatable bonds is 4. The fourth-order valence-electron chi connectivity index (χ4n) is 3.55. The number of hydrogen-bond acceptors (Lipinski definition) is 5. The third-order valence-electron chi connectivity index (χ3n) is 5.02. The van der Waals surface area contributed by atoms with Crippen molar-refractivity contribution in [3.8, 4) is 11.5 Å². The second-order valence-corrected chi connectivity index (χ2v) is 6.89. The first-order valence-electron chi connectivity index (χ1n) is 9.14. The first-order valence-corrected chi connectivity index (χ1v) is 9.14. The third-order valence-corrected chi connectivity index (χ3v) is 5.02. The van der Waals surface area contributed by atoms with E-state index in [1.165, 1.54) is 12.6 Å². The van der Waals surface area contributed by atoms with Crippen LogP contribution in [0.4, 0.5) is 0 Å². The highest BCUT2D eigenvalue weighted by molar-refractivity contribution is 5.93. The van der Waals surface area contributed by atoms with Crippen molar-refractivity contribution in [3.05, 3.63) is 56.4 Å². The fraction of sp³-hybridized carbons (Fsp3) is 0.421. The minimum atomic E-state index is -0.607. The molecule has 0 spiro atoms. The van der Waals surface area contributed by atoms with Crippen LogP contribution in [-0.4, -0.2) is 28.3 Å². The molecular formula is C19H21N3O5. The zero-order chi connectivity index (χ0) is 18.8. The highest BCUT2D eigenvalue weighted by Gasteiger charge is 2.20. The Balaban J connectivity index is 1.58. The summed E-state index contributed by atoms with van der Waals surface area (Å²) in [5.74, 6) is 0.756. The number of ether oxygens (including phenoxy) is 2. The number of nitrogens with one attached hydrogen (secondary N) is 2. The SMILES string of the molecule is O=C(NC1CCCCC1)c1c[nH]c(=O)n(Cc2ccc3c(c2)OCO3)c1=O. The molecule has 0 radical (unpaired) electrons. The van der Waals surface area contributed by atoms with E-state index in [1.807, 2.05) is 0 Å². The molecule has 2 aromatic rings. The zero-order valence-corrected chi connectivity index (χ0v) is 14.8. The van der Waals surface area contributed by atoms with Gasteiger partial charge < -0.3 is 19.8 Å². The summed E-state index contributed by atoms with van der Waals surface area (Å²) < 4.78 is 11.6. The molecule has 0 saturated heterocycles. The van der Waals surface area contributed by atoms with Crippen molar-refractivity contribution in [1.29, 1.82) is 0 Å². The minimum absolute atomic E-state index is 0.0371. The third kappa shape index (κ3) is 3.60. The smallest absolute Gasteiger partial charge is 0.328 e. The van der Waals surface area contributed by atoms with Crippen LogP contribution < -0.4 is 26.0 Å². The Morgan fingerprint density at radius 3 is 2.74 bits per heavy atom. The summed E-state index contributed by atoms with van der Waals surface area (Å²) in [6, 6.07) is 5.30. The predicted octanol–water partition coefficient (Wildman–Crippen LogP) is 1.38. The molecule has 142 valence electrons. The van der Waals surface area contributed by atoms with Crippen LogP contribution in [0.5, 0.6) is 11.5 Å². The van der Waals surface area contributed by atoms with E-state index in [0.29, 0.717) is 17.1 Å². The zero-order valence-electron chi connectivity index (χ0n) is 14.8. The summed E-state index contributed by atoms with van der Waals surface area (Å²) in [7, 11) is 0. The largest absolute Gasteiger partial charge is 0.454 e. The Morgan fingerprint density at radius 2 is 1.93 bits per heavy atom. The van der Waals surface area contributed by atoms with Gasteiger partial charge in [0.05, 0.1) is 6.54 Å². The Labute approximate surface area is 155 Å². The number of amides is 1. The number of carbonyl (C=O) groups excluding carboxylic acids is 1. The van der Waals surface area contributed by atoms with E-state index in [4.69, 9.17) is 9.47 Å². The molecule has 1 aromatic carbocycles. The molecule has 4 rings (SSSR count). The van der Waals surface area contributed by atoms with Crippen LogP contribution in [-0.2, 0) is 6.54 Å². The molecule has 0 atom stereocenters. The normalized spacial score (nSPS) is 16.3. The van der Waals surface area contributed by atoms with Gasteiger partial charge in [-0.3, -0.25) is 14.2 Å². The summed E-state index contributed by atoms with van der Waals surface area (Å²) in [6.07, 6.45) is 6.35. The van der Waals surface area contributed by atoms with Gasteiger partial charge in [-0.15, -0.1) is 0 Å². The van der Waals surface area contributed by atoms with Crippen LogP contribution in [0.3, 0.4) is 0 Å². The number of aromatic amines is 1. The number of benzene rings is 1. The Hall–Kier alpha value is -3.03.